The van der Waals surface area contributed by atoms with Crippen LogP contribution in [0.3, 0.4) is 0 Å². The zero-order valence-corrected chi connectivity index (χ0v) is 19.0. The van der Waals surface area contributed by atoms with Crippen molar-refractivity contribution in [3.8, 4) is 23.0 Å². The van der Waals surface area contributed by atoms with E-state index in [1.807, 2.05) is 13.8 Å². The van der Waals surface area contributed by atoms with Crippen LogP contribution in [0.15, 0.2) is 18.2 Å². The zero-order valence-electron chi connectivity index (χ0n) is 18.3. The Labute approximate surface area is 184 Å². The van der Waals surface area contributed by atoms with Crippen LogP contribution in [0.1, 0.15) is 72.1 Å². The van der Waals surface area contributed by atoms with Gasteiger partial charge < -0.3 is 19.3 Å². The van der Waals surface area contributed by atoms with Crippen molar-refractivity contribution in [3.63, 3.8) is 0 Å². The number of esters is 1. The standard InChI is InChI=1S/C24H33ClO5/c1-4-7-8-9-10-11-20(26)30-22-19-16-17(25)12-13-18(19)21(27)23(28-14-5-2)24(22)29-15-6-3/h12-13,16,27H,4-11,14-15H2,1-3H3. The monoisotopic (exact) mass is 436 g/mol. The molecule has 0 amide bonds. The average molecular weight is 437 g/mol. The highest BCUT2D eigenvalue weighted by atomic mass is 35.5. The molecule has 0 bridgehead atoms. The Morgan fingerprint density at radius 1 is 0.867 bits per heavy atom. The van der Waals surface area contributed by atoms with Crippen LogP contribution in [-0.4, -0.2) is 24.3 Å². The summed E-state index contributed by atoms with van der Waals surface area (Å²) >= 11 is 6.20. The maximum absolute atomic E-state index is 12.6. The molecule has 0 unspecified atom stereocenters. The predicted octanol–water partition coefficient (Wildman–Crippen LogP) is 7.04. The SMILES string of the molecule is CCCCCCCC(=O)Oc1c(OCCC)c(OCCC)c(O)c2ccc(Cl)cc12. The summed E-state index contributed by atoms with van der Waals surface area (Å²) < 4.78 is 17.5. The van der Waals surface area contributed by atoms with Gasteiger partial charge in [-0.2, -0.15) is 0 Å². The number of hydrogen-bond donors (Lipinski definition) is 1. The number of ether oxygens (including phenoxy) is 3. The van der Waals surface area contributed by atoms with Crippen LogP contribution in [0, 0.1) is 0 Å². The Balaban J connectivity index is 2.43. The van der Waals surface area contributed by atoms with E-state index in [1.165, 1.54) is 6.42 Å². The maximum Gasteiger partial charge on any atom is 0.311 e. The first kappa shape index (κ1) is 24.1. The molecule has 0 heterocycles. The lowest BCUT2D eigenvalue weighted by molar-refractivity contribution is -0.134. The molecule has 0 saturated heterocycles. The third-order valence-electron chi connectivity index (χ3n) is 4.71. The molecule has 0 spiro atoms. The lowest BCUT2D eigenvalue weighted by Gasteiger charge is -2.20. The van der Waals surface area contributed by atoms with Crippen molar-refractivity contribution in [1.29, 1.82) is 0 Å². The van der Waals surface area contributed by atoms with Gasteiger partial charge in [-0.15, -0.1) is 0 Å². The lowest BCUT2D eigenvalue weighted by atomic mass is 10.1. The predicted molar refractivity (Wildman–Crippen MR) is 121 cm³/mol. The molecule has 0 aliphatic carbocycles. The minimum absolute atomic E-state index is 0.0411. The molecule has 2 aromatic carbocycles. The van der Waals surface area contributed by atoms with Crippen LogP contribution in [0.25, 0.3) is 10.8 Å². The number of phenolic OH excluding ortho intramolecular Hbond substituents is 1. The molecule has 2 rings (SSSR count). The van der Waals surface area contributed by atoms with Gasteiger partial charge in [-0.05, 0) is 37.5 Å². The van der Waals surface area contributed by atoms with E-state index >= 15 is 0 Å². The summed E-state index contributed by atoms with van der Waals surface area (Å²) in [6, 6.07) is 5.04. The van der Waals surface area contributed by atoms with E-state index in [-0.39, 0.29) is 29.0 Å². The average Bonchev–Trinajstić information content (AvgIpc) is 2.73. The van der Waals surface area contributed by atoms with Gasteiger partial charge in [-0.3, -0.25) is 4.79 Å². The van der Waals surface area contributed by atoms with Crippen LogP contribution in [-0.2, 0) is 4.79 Å². The summed E-state index contributed by atoms with van der Waals surface area (Å²) in [5, 5.41) is 12.3. The van der Waals surface area contributed by atoms with Crippen molar-refractivity contribution in [2.24, 2.45) is 0 Å². The number of aromatic hydroxyl groups is 1. The van der Waals surface area contributed by atoms with Gasteiger partial charge in [0.05, 0.1) is 13.2 Å². The number of rotatable bonds is 13. The van der Waals surface area contributed by atoms with E-state index in [2.05, 4.69) is 6.92 Å². The minimum atomic E-state index is -0.332. The second-order valence-corrected chi connectivity index (χ2v) is 7.80. The van der Waals surface area contributed by atoms with Gasteiger partial charge in [0.15, 0.2) is 11.5 Å². The summed E-state index contributed by atoms with van der Waals surface area (Å²) in [6.45, 7) is 6.91. The summed E-state index contributed by atoms with van der Waals surface area (Å²) in [4.78, 5) is 12.6. The summed E-state index contributed by atoms with van der Waals surface area (Å²) in [6.07, 6.45) is 7.05. The molecule has 2 aromatic rings. The minimum Gasteiger partial charge on any atom is -0.504 e. The molecule has 166 valence electrons. The zero-order chi connectivity index (χ0) is 21.9. The summed E-state index contributed by atoms with van der Waals surface area (Å²) in [7, 11) is 0. The Morgan fingerprint density at radius 3 is 2.20 bits per heavy atom. The summed E-state index contributed by atoms with van der Waals surface area (Å²) in [5.41, 5.74) is 0. The molecule has 0 aromatic heterocycles. The lowest BCUT2D eigenvalue weighted by Crippen LogP contribution is -2.11. The number of halogens is 1. The fraction of sp³-hybridized carbons (Fsp3) is 0.542. The van der Waals surface area contributed by atoms with Gasteiger partial charge in [0.25, 0.3) is 0 Å². The van der Waals surface area contributed by atoms with Crippen LogP contribution in [0.5, 0.6) is 23.0 Å². The van der Waals surface area contributed by atoms with Crippen LogP contribution < -0.4 is 14.2 Å². The first-order chi connectivity index (χ1) is 14.5. The fourth-order valence-corrected chi connectivity index (χ4v) is 3.35. The van der Waals surface area contributed by atoms with Crippen molar-refractivity contribution in [2.75, 3.05) is 13.2 Å². The molecule has 0 radical (unpaired) electrons. The van der Waals surface area contributed by atoms with Crippen LogP contribution in [0.2, 0.25) is 5.02 Å². The quantitative estimate of drug-likeness (QED) is 0.207. The molecular weight excluding hydrogens is 404 g/mol. The molecule has 6 heteroatoms. The Bertz CT molecular complexity index is 834. The van der Waals surface area contributed by atoms with E-state index in [1.54, 1.807) is 18.2 Å². The highest BCUT2D eigenvalue weighted by molar-refractivity contribution is 6.31. The number of fused-ring (bicyclic) bond motifs is 1. The van der Waals surface area contributed by atoms with Crippen molar-refractivity contribution in [2.45, 2.75) is 72.1 Å². The normalized spacial score (nSPS) is 10.9. The van der Waals surface area contributed by atoms with Crippen molar-refractivity contribution in [1.82, 2.24) is 0 Å². The number of hydrogen-bond acceptors (Lipinski definition) is 5. The Kier molecular flexibility index (Phi) is 10.1. The van der Waals surface area contributed by atoms with Gasteiger partial charge >= 0.3 is 5.97 Å². The van der Waals surface area contributed by atoms with E-state index in [0.29, 0.717) is 35.4 Å². The molecule has 0 aliphatic rings. The summed E-state index contributed by atoms with van der Waals surface area (Å²) in [5.74, 6) is 0.327. The number of carbonyl (C=O) groups is 1. The number of benzene rings is 2. The highest BCUT2D eigenvalue weighted by Crippen LogP contribution is 2.51. The Hall–Kier alpha value is -2.14. The topological polar surface area (TPSA) is 65.0 Å². The second kappa shape index (κ2) is 12.5. The Morgan fingerprint density at radius 2 is 1.53 bits per heavy atom. The van der Waals surface area contributed by atoms with Crippen molar-refractivity contribution < 1.29 is 24.1 Å². The van der Waals surface area contributed by atoms with Gasteiger partial charge in [0.1, 0.15) is 0 Å². The largest absolute Gasteiger partial charge is 0.504 e. The number of unbranched alkanes of at least 4 members (excludes halogenated alkanes) is 4. The molecule has 0 aliphatic heterocycles. The van der Waals surface area contributed by atoms with Gasteiger partial charge in [-0.25, -0.2) is 0 Å². The van der Waals surface area contributed by atoms with E-state index in [4.69, 9.17) is 25.8 Å². The maximum atomic E-state index is 12.6. The van der Waals surface area contributed by atoms with Gasteiger partial charge in [-0.1, -0.05) is 58.1 Å². The molecule has 0 fully saturated rings. The van der Waals surface area contributed by atoms with E-state index in [9.17, 15) is 9.90 Å². The smallest absolute Gasteiger partial charge is 0.311 e. The van der Waals surface area contributed by atoms with Crippen molar-refractivity contribution >= 4 is 28.3 Å². The van der Waals surface area contributed by atoms with Crippen LogP contribution in [0.4, 0.5) is 0 Å². The number of carbonyl (C=O) groups excluding carboxylic acids is 1. The first-order valence-electron chi connectivity index (χ1n) is 11.0. The number of phenols is 1. The molecule has 0 atom stereocenters. The highest BCUT2D eigenvalue weighted by Gasteiger charge is 2.25. The third kappa shape index (κ3) is 6.43. The molecule has 30 heavy (non-hydrogen) atoms. The van der Waals surface area contributed by atoms with Crippen molar-refractivity contribution in [3.05, 3.63) is 23.2 Å². The molecular formula is C24H33ClO5. The first-order valence-corrected chi connectivity index (χ1v) is 11.4. The van der Waals surface area contributed by atoms with Crippen LogP contribution >= 0.6 is 11.6 Å². The molecule has 5 nitrogen and oxygen atoms in total. The fourth-order valence-electron chi connectivity index (χ4n) is 3.18. The third-order valence-corrected chi connectivity index (χ3v) is 4.95. The van der Waals surface area contributed by atoms with E-state index in [0.717, 1.165) is 38.5 Å². The van der Waals surface area contributed by atoms with E-state index < -0.39 is 0 Å². The molecule has 1 N–H and O–H groups in total. The molecule has 0 saturated carbocycles. The van der Waals surface area contributed by atoms with Gasteiger partial charge in [0, 0.05) is 22.2 Å². The van der Waals surface area contributed by atoms with Gasteiger partial charge in [0.2, 0.25) is 11.5 Å². The second-order valence-electron chi connectivity index (χ2n) is 7.36.